The smallest absolute Gasteiger partial charge is 0.242 e. The first-order valence-electron chi connectivity index (χ1n) is 6.35. The van der Waals surface area contributed by atoms with Gasteiger partial charge in [-0.15, -0.1) is 0 Å². The predicted molar refractivity (Wildman–Crippen MR) is 72.0 cm³/mol. The summed E-state index contributed by atoms with van der Waals surface area (Å²) in [7, 11) is 0. The Bertz CT molecular complexity index is 411. The van der Waals surface area contributed by atoms with Crippen LogP contribution in [0.4, 0.5) is 0 Å². The van der Waals surface area contributed by atoms with Gasteiger partial charge in [0.2, 0.25) is 5.91 Å². The van der Waals surface area contributed by atoms with Crippen molar-refractivity contribution >= 4 is 5.91 Å². The molecule has 0 radical (unpaired) electrons. The summed E-state index contributed by atoms with van der Waals surface area (Å²) in [6, 6.07) is 10.4. The summed E-state index contributed by atoms with van der Waals surface area (Å²) in [5.41, 5.74) is 6.30. The number of carbonyl (C=O) groups excluding carboxylic acids is 1. The second-order valence-electron chi connectivity index (χ2n) is 5.39. The number of rotatable bonds is 2. The van der Waals surface area contributed by atoms with Crippen LogP contribution in [0.5, 0.6) is 0 Å². The average Bonchev–Trinajstić information content (AvgIpc) is 2.38. The van der Waals surface area contributed by atoms with Crippen LogP contribution in [0, 0.1) is 0 Å². The van der Waals surface area contributed by atoms with Crippen LogP contribution in [0.25, 0.3) is 0 Å². The van der Waals surface area contributed by atoms with Crippen LogP contribution in [-0.2, 0) is 4.79 Å². The molecule has 1 amide bonds. The SMILES string of the molecule is CC(C)(N)C(=O)N1CCNC(c2ccccc2)C1. The van der Waals surface area contributed by atoms with Crippen molar-refractivity contribution in [2.75, 3.05) is 19.6 Å². The Kier molecular flexibility index (Phi) is 3.68. The van der Waals surface area contributed by atoms with E-state index in [2.05, 4.69) is 17.4 Å². The lowest BCUT2D eigenvalue weighted by Crippen LogP contribution is -2.56. The molecule has 2 rings (SSSR count). The van der Waals surface area contributed by atoms with E-state index in [1.165, 1.54) is 5.56 Å². The Morgan fingerprint density at radius 3 is 2.67 bits per heavy atom. The molecule has 4 nitrogen and oxygen atoms in total. The molecule has 18 heavy (non-hydrogen) atoms. The number of hydrogen-bond donors (Lipinski definition) is 2. The molecule has 0 aromatic heterocycles. The molecule has 0 spiro atoms. The molecule has 1 atom stereocenters. The zero-order valence-corrected chi connectivity index (χ0v) is 11.0. The zero-order valence-electron chi connectivity index (χ0n) is 11.0. The van der Waals surface area contributed by atoms with Gasteiger partial charge in [0.05, 0.1) is 5.54 Å². The number of nitrogens with two attached hydrogens (primary N) is 1. The van der Waals surface area contributed by atoms with Crippen LogP contribution < -0.4 is 11.1 Å². The third-order valence-electron chi connectivity index (χ3n) is 3.22. The van der Waals surface area contributed by atoms with Gasteiger partial charge in [0.25, 0.3) is 0 Å². The molecule has 1 fully saturated rings. The van der Waals surface area contributed by atoms with Crippen molar-refractivity contribution in [2.24, 2.45) is 5.73 Å². The molecule has 1 saturated heterocycles. The maximum atomic E-state index is 12.2. The van der Waals surface area contributed by atoms with Gasteiger partial charge in [0.15, 0.2) is 0 Å². The maximum Gasteiger partial charge on any atom is 0.242 e. The second-order valence-corrected chi connectivity index (χ2v) is 5.39. The fourth-order valence-electron chi connectivity index (χ4n) is 2.25. The van der Waals surface area contributed by atoms with Gasteiger partial charge in [-0.25, -0.2) is 0 Å². The summed E-state index contributed by atoms with van der Waals surface area (Å²) < 4.78 is 0. The maximum absolute atomic E-state index is 12.2. The molecular formula is C14H21N3O. The van der Waals surface area contributed by atoms with E-state index in [1.54, 1.807) is 13.8 Å². The number of amides is 1. The van der Waals surface area contributed by atoms with Crippen LogP contribution >= 0.6 is 0 Å². The molecule has 4 heteroatoms. The van der Waals surface area contributed by atoms with Gasteiger partial charge < -0.3 is 16.0 Å². The van der Waals surface area contributed by atoms with Crippen molar-refractivity contribution in [3.8, 4) is 0 Å². The largest absolute Gasteiger partial charge is 0.338 e. The molecule has 0 saturated carbocycles. The predicted octanol–water partition coefficient (Wildman–Crippen LogP) is 0.897. The van der Waals surface area contributed by atoms with E-state index >= 15 is 0 Å². The summed E-state index contributed by atoms with van der Waals surface area (Å²) in [5.74, 6) is 0.0185. The zero-order chi connectivity index (χ0) is 13.2. The summed E-state index contributed by atoms with van der Waals surface area (Å²) >= 11 is 0. The van der Waals surface area contributed by atoms with Crippen molar-refractivity contribution < 1.29 is 4.79 Å². The summed E-state index contributed by atoms with van der Waals surface area (Å²) in [5, 5.41) is 3.44. The fraction of sp³-hybridized carbons (Fsp3) is 0.500. The van der Waals surface area contributed by atoms with E-state index in [-0.39, 0.29) is 11.9 Å². The Balaban J connectivity index is 2.08. The lowest BCUT2D eigenvalue weighted by molar-refractivity contribution is -0.137. The van der Waals surface area contributed by atoms with E-state index in [9.17, 15) is 4.79 Å². The van der Waals surface area contributed by atoms with Gasteiger partial charge >= 0.3 is 0 Å². The van der Waals surface area contributed by atoms with Crippen LogP contribution in [0.2, 0.25) is 0 Å². The first-order chi connectivity index (χ1) is 8.48. The monoisotopic (exact) mass is 247 g/mol. The standard InChI is InChI=1S/C14H21N3O/c1-14(2,15)13(18)17-9-8-16-12(10-17)11-6-4-3-5-7-11/h3-7,12,16H,8-10,15H2,1-2H3. The van der Waals surface area contributed by atoms with E-state index in [1.807, 2.05) is 23.1 Å². The Morgan fingerprint density at radius 2 is 2.06 bits per heavy atom. The van der Waals surface area contributed by atoms with E-state index in [0.29, 0.717) is 6.54 Å². The van der Waals surface area contributed by atoms with E-state index < -0.39 is 5.54 Å². The molecule has 1 heterocycles. The topological polar surface area (TPSA) is 58.4 Å². The highest BCUT2D eigenvalue weighted by molar-refractivity contribution is 5.85. The number of carbonyl (C=O) groups is 1. The number of benzene rings is 1. The number of piperazine rings is 1. The molecular weight excluding hydrogens is 226 g/mol. The molecule has 0 aliphatic carbocycles. The lowest BCUT2D eigenvalue weighted by Gasteiger charge is -2.37. The van der Waals surface area contributed by atoms with Gasteiger partial charge in [-0.05, 0) is 19.4 Å². The van der Waals surface area contributed by atoms with Gasteiger partial charge in [0, 0.05) is 25.7 Å². The summed E-state index contributed by atoms with van der Waals surface area (Å²) in [4.78, 5) is 14.0. The van der Waals surface area contributed by atoms with E-state index in [0.717, 1.165) is 13.1 Å². The number of nitrogens with one attached hydrogen (secondary N) is 1. The van der Waals surface area contributed by atoms with Crippen LogP contribution in [0.15, 0.2) is 30.3 Å². The minimum absolute atomic E-state index is 0.0185. The molecule has 1 aliphatic rings. The highest BCUT2D eigenvalue weighted by Gasteiger charge is 2.31. The minimum Gasteiger partial charge on any atom is -0.338 e. The summed E-state index contributed by atoms with van der Waals surface area (Å²) in [6.07, 6.45) is 0. The second kappa shape index (κ2) is 5.08. The average molecular weight is 247 g/mol. The number of nitrogens with zero attached hydrogens (tertiary/aromatic N) is 1. The number of hydrogen-bond acceptors (Lipinski definition) is 3. The molecule has 3 N–H and O–H groups in total. The third kappa shape index (κ3) is 2.89. The van der Waals surface area contributed by atoms with Crippen LogP contribution in [0.1, 0.15) is 25.5 Å². The Labute approximate surface area is 108 Å². The highest BCUT2D eigenvalue weighted by Crippen LogP contribution is 2.18. The first-order valence-corrected chi connectivity index (χ1v) is 6.35. The summed E-state index contributed by atoms with van der Waals surface area (Å²) in [6.45, 7) is 5.73. The molecule has 0 bridgehead atoms. The Morgan fingerprint density at radius 1 is 1.39 bits per heavy atom. The van der Waals surface area contributed by atoms with E-state index in [4.69, 9.17) is 5.73 Å². The normalized spacial score (nSPS) is 20.8. The van der Waals surface area contributed by atoms with Crippen molar-refractivity contribution in [1.29, 1.82) is 0 Å². The third-order valence-corrected chi connectivity index (χ3v) is 3.22. The van der Waals surface area contributed by atoms with Gasteiger partial charge in [-0.3, -0.25) is 4.79 Å². The van der Waals surface area contributed by atoms with Gasteiger partial charge in [-0.2, -0.15) is 0 Å². The van der Waals surface area contributed by atoms with Crippen molar-refractivity contribution in [2.45, 2.75) is 25.4 Å². The molecule has 98 valence electrons. The van der Waals surface area contributed by atoms with Gasteiger partial charge in [-0.1, -0.05) is 30.3 Å². The molecule has 1 aliphatic heterocycles. The first kappa shape index (κ1) is 13.1. The van der Waals surface area contributed by atoms with Crippen LogP contribution in [-0.4, -0.2) is 36.0 Å². The van der Waals surface area contributed by atoms with Crippen LogP contribution in [0.3, 0.4) is 0 Å². The Hall–Kier alpha value is -1.39. The highest BCUT2D eigenvalue weighted by atomic mass is 16.2. The van der Waals surface area contributed by atoms with Crippen molar-refractivity contribution in [3.63, 3.8) is 0 Å². The van der Waals surface area contributed by atoms with Crippen molar-refractivity contribution in [3.05, 3.63) is 35.9 Å². The fourth-order valence-corrected chi connectivity index (χ4v) is 2.25. The van der Waals surface area contributed by atoms with Gasteiger partial charge in [0.1, 0.15) is 0 Å². The molecule has 1 aromatic rings. The minimum atomic E-state index is -0.793. The molecule has 1 unspecified atom stereocenters. The lowest BCUT2D eigenvalue weighted by atomic mass is 10.0. The molecule has 1 aromatic carbocycles. The quantitative estimate of drug-likeness (QED) is 0.816. The van der Waals surface area contributed by atoms with Crippen molar-refractivity contribution in [1.82, 2.24) is 10.2 Å².